The van der Waals surface area contributed by atoms with Gasteiger partial charge in [-0.2, -0.15) is 0 Å². The van der Waals surface area contributed by atoms with E-state index in [1.54, 1.807) is 7.11 Å². The first-order valence-corrected chi connectivity index (χ1v) is 9.83. The van der Waals surface area contributed by atoms with E-state index in [2.05, 4.69) is 5.32 Å². The summed E-state index contributed by atoms with van der Waals surface area (Å²) in [4.78, 5) is 0. The van der Waals surface area contributed by atoms with Crippen LogP contribution in [-0.2, 0) is 19.6 Å². The van der Waals surface area contributed by atoms with Crippen molar-refractivity contribution >= 4 is 0 Å². The number of hydrogen-bond donors (Lipinski definition) is 2. The molecule has 3 aromatic rings. The van der Waals surface area contributed by atoms with Crippen molar-refractivity contribution in [1.29, 1.82) is 0 Å². The van der Waals surface area contributed by atoms with Gasteiger partial charge in [0, 0.05) is 13.1 Å². The Morgan fingerprint density at radius 2 is 1.62 bits per heavy atom. The van der Waals surface area contributed by atoms with Gasteiger partial charge in [-0.1, -0.05) is 54.6 Å². The average Bonchev–Trinajstić information content (AvgIpc) is 2.78. The van der Waals surface area contributed by atoms with Crippen LogP contribution in [0.1, 0.15) is 16.7 Å². The van der Waals surface area contributed by atoms with Gasteiger partial charge in [-0.25, -0.2) is 0 Å². The van der Waals surface area contributed by atoms with Crippen molar-refractivity contribution in [3.63, 3.8) is 0 Å². The second-order valence-electron chi connectivity index (χ2n) is 6.91. The van der Waals surface area contributed by atoms with Gasteiger partial charge in [0.2, 0.25) is 0 Å². The summed E-state index contributed by atoms with van der Waals surface area (Å²) < 4.78 is 11.0. The molecule has 0 fully saturated rings. The predicted octanol–water partition coefficient (Wildman–Crippen LogP) is 4.17. The number of methoxy groups -OCH3 is 1. The van der Waals surface area contributed by atoms with Crippen LogP contribution in [0, 0.1) is 6.42 Å². The van der Waals surface area contributed by atoms with Gasteiger partial charge < -0.3 is 19.9 Å². The number of aliphatic hydroxyl groups excluding tert-OH is 1. The molecule has 0 saturated carbocycles. The normalized spacial score (nSPS) is 11.8. The Kier molecular flexibility index (Phi) is 8.11. The van der Waals surface area contributed by atoms with Gasteiger partial charge in [0.25, 0.3) is 0 Å². The van der Waals surface area contributed by atoms with Gasteiger partial charge in [0.05, 0.1) is 13.2 Å². The fourth-order valence-corrected chi connectivity index (χ4v) is 2.96. The maximum atomic E-state index is 10.2. The molecule has 29 heavy (non-hydrogen) atoms. The van der Waals surface area contributed by atoms with Crippen molar-refractivity contribution in [3.8, 4) is 11.5 Å². The van der Waals surface area contributed by atoms with Gasteiger partial charge in [0.1, 0.15) is 18.1 Å². The van der Waals surface area contributed by atoms with E-state index in [1.165, 1.54) is 0 Å². The molecule has 1 radical (unpaired) electrons. The van der Waals surface area contributed by atoms with Gasteiger partial charge in [-0.05, 0) is 53.8 Å². The zero-order chi connectivity index (χ0) is 20.3. The molecule has 1 atom stereocenters. The second-order valence-corrected chi connectivity index (χ2v) is 6.91. The van der Waals surface area contributed by atoms with Crippen molar-refractivity contribution in [1.82, 2.24) is 5.32 Å². The Morgan fingerprint density at radius 3 is 2.38 bits per heavy atom. The molecule has 0 aliphatic rings. The third-order valence-electron chi connectivity index (χ3n) is 4.61. The quantitative estimate of drug-likeness (QED) is 0.516. The fraction of sp³-hybridized carbons (Fsp3) is 0.240. The van der Waals surface area contributed by atoms with E-state index in [0.717, 1.165) is 28.2 Å². The van der Waals surface area contributed by atoms with Crippen LogP contribution in [0.2, 0.25) is 0 Å². The molecule has 0 aliphatic heterocycles. The highest BCUT2D eigenvalue weighted by atomic mass is 16.5. The molecule has 3 rings (SSSR count). The van der Waals surface area contributed by atoms with Gasteiger partial charge in [0.15, 0.2) is 0 Å². The number of ether oxygens (including phenoxy) is 2. The molecule has 151 valence electrons. The van der Waals surface area contributed by atoms with Gasteiger partial charge >= 0.3 is 0 Å². The lowest BCUT2D eigenvalue weighted by atomic mass is 10.1. The van der Waals surface area contributed by atoms with Crippen molar-refractivity contribution < 1.29 is 14.6 Å². The maximum absolute atomic E-state index is 10.2. The van der Waals surface area contributed by atoms with Crippen molar-refractivity contribution in [3.05, 3.63) is 102 Å². The number of benzene rings is 3. The molecule has 0 spiro atoms. The topological polar surface area (TPSA) is 50.7 Å². The Morgan fingerprint density at radius 1 is 0.862 bits per heavy atom. The van der Waals surface area contributed by atoms with E-state index in [4.69, 9.17) is 9.47 Å². The Hall–Kier alpha value is -2.82. The van der Waals surface area contributed by atoms with E-state index in [0.29, 0.717) is 26.1 Å². The zero-order valence-electron chi connectivity index (χ0n) is 16.8. The second kappa shape index (κ2) is 11.2. The lowest BCUT2D eigenvalue weighted by molar-refractivity contribution is 0.200. The Balaban J connectivity index is 1.35. The molecule has 0 saturated heterocycles. The molecule has 4 nitrogen and oxygen atoms in total. The molecule has 0 amide bonds. The zero-order valence-corrected chi connectivity index (χ0v) is 16.8. The monoisotopic (exact) mass is 390 g/mol. The largest absolute Gasteiger partial charge is 0.497 e. The van der Waals surface area contributed by atoms with E-state index >= 15 is 0 Å². The summed E-state index contributed by atoms with van der Waals surface area (Å²) in [5.41, 5.74) is 3.42. The molecular weight excluding hydrogens is 362 g/mol. The number of hydrogen-bond acceptors (Lipinski definition) is 4. The van der Waals surface area contributed by atoms with Crippen molar-refractivity contribution in [2.24, 2.45) is 0 Å². The van der Waals surface area contributed by atoms with E-state index in [1.807, 2.05) is 85.3 Å². The summed E-state index contributed by atoms with van der Waals surface area (Å²) in [5.74, 6) is 1.69. The molecule has 4 heteroatoms. The summed E-state index contributed by atoms with van der Waals surface area (Å²) in [6.07, 6.45) is 2.12. The highest BCUT2D eigenvalue weighted by Gasteiger charge is 2.06. The molecule has 0 bridgehead atoms. The van der Waals surface area contributed by atoms with Crippen LogP contribution >= 0.6 is 0 Å². The highest BCUT2D eigenvalue weighted by Crippen LogP contribution is 2.16. The lowest BCUT2D eigenvalue weighted by Crippen LogP contribution is -2.27. The third kappa shape index (κ3) is 7.26. The highest BCUT2D eigenvalue weighted by molar-refractivity contribution is 5.29. The molecule has 3 aromatic carbocycles. The van der Waals surface area contributed by atoms with Crippen LogP contribution in [0.4, 0.5) is 0 Å². The molecule has 2 N–H and O–H groups in total. The van der Waals surface area contributed by atoms with Crippen LogP contribution in [0.3, 0.4) is 0 Å². The first-order valence-electron chi connectivity index (χ1n) is 9.83. The third-order valence-corrected chi connectivity index (χ3v) is 4.61. The van der Waals surface area contributed by atoms with Crippen LogP contribution in [-0.4, -0.2) is 24.9 Å². The van der Waals surface area contributed by atoms with E-state index in [-0.39, 0.29) is 0 Å². The Bertz CT molecular complexity index is 849. The first kappa shape index (κ1) is 20.9. The summed E-state index contributed by atoms with van der Waals surface area (Å²) in [5, 5.41) is 13.5. The first-order chi connectivity index (χ1) is 14.2. The maximum Gasteiger partial charge on any atom is 0.119 e. The van der Waals surface area contributed by atoms with Crippen LogP contribution in [0.5, 0.6) is 11.5 Å². The van der Waals surface area contributed by atoms with Crippen molar-refractivity contribution in [2.45, 2.75) is 25.7 Å². The van der Waals surface area contributed by atoms with Gasteiger partial charge in [-0.15, -0.1) is 0 Å². The minimum Gasteiger partial charge on any atom is -0.497 e. The van der Waals surface area contributed by atoms with E-state index in [9.17, 15) is 5.11 Å². The molecule has 0 aromatic heterocycles. The minimum absolute atomic E-state index is 0.505. The Labute approximate surface area is 173 Å². The van der Waals surface area contributed by atoms with Crippen LogP contribution in [0.15, 0.2) is 78.9 Å². The summed E-state index contributed by atoms with van der Waals surface area (Å²) in [6.45, 7) is 1.76. The van der Waals surface area contributed by atoms with Crippen LogP contribution < -0.4 is 14.8 Å². The lowest BCUT2D eigenvalue weighted by Gasteiger charge is -2.12. The van der Waals surface area contributed by atoms with Crippen LogP contribution in [0.25, 0.3) is 0 Å². The summed E-state index contributed by atoms with van der Waals surface area (Å²) in [6, 6.07) is 26.0. The summed E-state index contributed by atoms with van der Waals surface area (Å²) >= 11 is 0. The number of nitrogens with one attached hydrogen (secondary N) is 1. The molecular formula is C25H28NO3. The standard InChI is InChI=1S/C25H28NO3/c1-28-25-9-5-8-22(16-25)17-26-18-23(27)13-10-20-11-14-24(15-12-20)29-19-21-6-3-2-4-7-21/h2-9,11-16,23,26-27H,10,17-19H2,1H3/t23-/m1/s1. The predicted molar refractivity (Wildman–Crippen MR) is 116 cm³/mol. The summed E-state index contributed by atoms with van der Waals surface area (Å²) in [7, 11) is 1.66. The average molecular weight is 391 g/mol. The SMILES string of the molecule is COc1cccc(CNC[C@H](O)[CH]Cc2ccc(OCc3ccccc3)cc2)c1. The van der Waals surface area contributed by atoms with E-state index < -0.39 is 6.10 Å². The number of aliphatic hydroxyl groups is 1. The smallest absolute Gasteiger partial charge is 0.119 e. The molecule has 0 heterocycles. The number of rotatable bonds is 11. The van der Waals surface area contributed by atoms with Gasteiger partial charge in [-0.3, -0.25) is 0 Å². The molecule has 0 aliphatic carbocycles. The van der Waals surface area contributed by atoms with Crippen molar-refractivity contribution in [2.75, 3.05) is 13.7 Å². The fourth-order valence-electron chi connectivity index (χ4n) is 2.96. The minimum atomic E-state index is -0.505. The molecule has 0 unspecified atom stereocenters.